The lowest BCUT2D eigenvalue weighted by molar-refractivity contribution is 0.0702. The second-order valence-corrected chi connectivity index (χ2v) is 9.69. The molecule has 2 aromatic rings. The third kappa shape index (κ3) is 3.64. The van der Waals surface area contributed by atoms with Gasteiger partial charge >= 0.3 is 0 Å². The van der Waals surface area contributed by atoms with E-state index in [0.29, 0.717) is 11.4 Å². The summed E-state index contributed by atoms with van der Waals surface area (Å²) in [5.41, 5.74) is 1.90. The molecule has 0 aliphatic carbocycles. The summed E-state index contributed by atoms with van der Waals surface area (Å²) in [7, 11) is -3.16. The largest absolute Gasteiger partial charge is 0.329 e. The van der Waals surface area contributed by atoms with Gasteiger partial charge < -0.3 is 4.90 Å². The lowest BCUT2D eigenvalue weighted by Crippen LogP contribution is -2.45. The molecule has 0 saturated carbocycles. The molecule has 6 nitrogen and oxygen atoms in total. The fourth-order valence-electron chi connectivity index (χ4n) is 3.17. The molecule has 0 bridgehead atoms. The Bertz CT molecular complexity index is 883. The summed E-state index contributed by atoms with van der Waals surface area (Å²) in [6.07, 6.45) is 4.40. The van der Waals surface area contributed by atoms with E-state index in [2.05, 4.69) is 12.0 Å². The highest BCUT2D eigenvalue weighted by atomic mass is 32.2. The van der Waals surface area contributed by atoms with Crippen molar-refractivity contribution >= 4 is 27.1 Å². The molecule has 0 aromatic carbocycles. The molecule has 1 amide bonds. The molecule has 0 radical (unpaired) electrons. The maximum Gasteiger partial charge on any atom is 0.264 e. The van der Waals surface area contributed by atoms with Gasteiger partial charge in [-0.3, -0.25) is 9.48 Å². The normalized spacial score (nSPS) is 20.0. The van der Waals surface area contributed by atoms with Crippen molar-refractivity contribution in [3.63, 3.8) is 0 Å². The standard InChI is InChI=1S/C17H23N3O3S2/c1-4-15-12(3)8-16(24-15)17(21)20-6-7-25(22,23)11-14(20)13-9-18-19(5-2)10-13/h8-10,14H,4-7,11H2,1-3H3/t14-/m1/s1. The molecule has 2 aromatic heterocycles. The van der Waals surface area contributed by atoms with Crippen molar-refractivity contribution in [3.05, 3.63) is 39.3 Å². The zero-order chi connectivity index (χ0) is 18.2. The van der Waals surface area contributed by atoms with E-state index >= 15 is 0 Å². The van der Waals surface area contributed by atoms with E-state index < -0.39 is 15.9 Å². The van der Waals surface area contributed by atoms with Crippen LogP contribution in [0.4, 0.5) is 0 Å². The molecule has 1 atom stereocenters. The van der Waals surface area contributed by atoms with Crippen LogP contribution in [0.5, 0.6) is 0 Å². The van der Waals surface area contributed by atoms with Crippen molar-refractivity contribution in [1.29, 1.82) is 0 Å². The van der Waals surface area contributed by atoms with Gasteiger partial charge in [0.2, 0.25) is 0 Å². The smallest absolute Gasteiger partial charge is 0.264 e. The molecule has 1 fully saturated rings. The lowest BCUT2D eigenvalue weighted by Gasteiger charge is -2.34. The number of nitrogens with zero attached hydrogens (tertiary/aromatic N) is 3. The van der Waals surface area contributed by atoms with Gasteiger partial charge in [0, 0.05) is 29.7 Å². The van der Waals surface area contributed by atoms with Crippen LogP contribution in [0, 0.1) is 6.92 Å². The molecule has 0 unspecified atom stereocenters. The fraction of sp³-hybridized carbons (Fsp3) is 0.529. The minimum atomic E-state index is -3.16. The minimum absolute atomic E-state index is 0.0160. The summed E-state index contributed by atoms with van der Waals surface area (Å²) in [6, 6.07) is 1.45. The number of rotatable bonds is 4. The van der Waals surface area contributed by atoms with Crippen LogP contribution in [0.3, 0.4) is 0 Å². The molecule has 136 valence electrons. The van der Waals surface area contributed by atoms with E-state index in [4.69, 9.17) is 0 Å². The van der Waals surface area contributed by atoms with Gasteiger partial charge in [-0.2, -0.15) is 5.10 Å². The predicted molar refractivity (Wildman–Crippen MR) is 98.8 cm³/mol. The highest BCUT2D eigenvalue weighted by Crippen LogP contribution is 2.31. The molecule has 3 heterocycles. The number of hydrogen-bond donors (Lipinski definition) is 0. The number of hydrogen-bond acceptors (Lipinski definition) is 5. The maximum absolute atomic E-state index is 13.1. The Morgan fingerprint density at radius 3 is 2.76 bits per heavy atom. The molecule has 0 N–H and O–H groups in total. The highest BCUT2D eigenvalue weighted by Gasteiger charge is 2.36. The van der Waals surface area contributed by atoms with Gasteiger partial charge in [0.1, 0.15) is 0 Å². The monoisotopic (exact) mass is 381 g/mol. The number of carbonyl (C=O) groups excluding carboxylic acids is 1. The molecule has 0 spiro atoms. The first-order valence-electron chi connectivity index (χ1n) is 8.47. The summed E-state index contributed by atoms with van der Waals surface area (Å²) in [4.78, 5) is 16.6. The predicted octanol–water partition coefficient (Wildman–Crippen LogP) is 2.45. The fourth-order valence-corrected chi connectivity index (χ4v) is 5.73. The van der Waals surface area contributed by atoms with Crippen LogP contribution in [0.2, 0.25) is 0 Å². The first-order valence-corrected chi connectivity index (χ1v) is 11.1. The Labute approximate surface area is 152 Å². The summed E-state index contributed by atoms with van der Waals surface area (Å²) in [6.45, 7) is 6.98. The number of sulfone groups is 1. The average molecular weight is 382 g/mol. The van der Waals surface area contributed by atoms with Crippen LogP contribution in [-0.4, -0.2) is 47.1 Å². The molecule has 1 aliphatic rings. The Hall–Kier alpha value is -1.67. The highest BCUT2D eigenvalue weighted by molar-refractivity contribution is 7.91. The van der Waals surface area contributed by atoms with Gasteiger partial charge in [-0.1, -0.05) is 6.92 Å². The van der Waals surface area contributed by atoms with Crippen molar-refractivity contribution < 1.29 is 13.2 Å². The van der Waals surface area contributed by atoms with E-state index in [1.54, 1.807) is 15.8 Å². The summed E-state index contributed by atoms with van der Waals surface area (Å²) in [5, 5.41) is 4.24. The maximum atomic E-state index is 13.1. The third-order valence-electron chi connectivity index (χ3n) is 4.61. The topological polar surface area (TPSA) is 72.3 Å². The molecule has 8 heteroatoms. The van der Waals surface area contributed by atoms with Gasteiger partial charge in [0.15, 0.2) is 9.84 Å². The molecular formula is C17H23N3O3S2. The van der Waals surface area contributed by atoms with Gasteiger partial charge in [0.05, 0.1) is 28.6 Å². The number of amides is 1. The van der Waals surface area contributed by atoms with Crippen LogP contribution in [0.1, 0.15) is 45.6 Å². The number of carbonyl (C=O) groups is 1. The Kier molecular flexibility index (Phi) is 5.02. The average Bonchev–Trinajstić information content (AvgIpc) is 3.19. The molecule has 1 aliphatic heterocycles. The van der Waals surface area contributed by atoms with Crippen molar-refractivity contribution in [2.75, 3.05) is 18.1 Å². The second kappa shape index (κ2) is 6.92. The second-order valence-electron chi connectivity index (χ2n) is 6.33. The molecule has 3 rings (SSSR count). The van der Waals surface area contributed by atoms with E-state index in [0.717, 1.165) is 17.5 Å². The summed E-state index contributed by atoms with van der Waals surface area (Å²) in [5.74, 6) is -0.113. The zero-order valence-electron chi connectivity index (χ0n) is 14.7. The Morgan fingerprint density at radius 1 is 1.40 bits per heavy atom. The molecule has 25 heavy (non-hydrogen) atoms. The van der Waals surface area contributed by atoms with Crippen LogP contribution in [-0.2, 0) is 22.8 Å². The summed E-state index contributed by atoms with van der Waals surface area (Å²) < 4.78 is 26.1. The molecule has 1 saturated heterocycles. The number of thiophene rings is 1. The SMILES string of the molecule is CCc1sc(C(=O)N2CCS(=O)(=O)C[C@@H]2c2cnn(CC)c2)cc1C. The third-order valence-corrected chi connectivity index (χ3v) is 7.60. The number of aromatic nitrogens is 2. The van der Waals surface area contributed by atoms with Crippen LogP contribution in [0.25, 0.3) is 0 Å². The minimum Gasteiger partial charge on any atom is -0.329 e. The van der Waals surface area contributed by atoms with Gasteiger partial charge in [0.25, 0.3) is 5.91 Å². The quantitative estimate of drug-likeness (QED) is 0.815. The van der Waals surface area contributed by atoms with Gasteiger partial charge in [-0.15, -0.1) is 11.3 Å². The summed E-state index contributed by atoms with van der Waals surface area (Å²) >= 11 is 1.51. The first-order chi connectivity index (χ1) is 11.8. The lowest BCUT2D eigenvalue weighted by atomic mass is 10.1. The Balaban J connectivity index is 1.94. The van der Waals surface area contributed by atoms with E-state index in [1.165, 1.54) is 16.2 Å². The Morgan fingerprint density at radius 2 is 2.16 bits per heavy atom. The van der Waals surface area contributed by atoms with Crippen LogP contribution < -0.4 is 0 Å². The van der Waals surface area contributed by atoms with Gasteiger partial charge in [-0.05, 0) is 31.9 Å². The van der Waals surface area contributed by atoms with Crippen molar-refractivity contribution in [2.45, 2.75) is 39.8 Å². The van der Waals surface area contributed by atoms with Gasteiger partial charge in [-0.25, -0.2) is 8.42 Å². The zero-order valence-corrected chi connectivity index (χ0v) is 16.4. The molecular weight excluding hydrogens is 358 g/mol. The van der Waals surface area contributed by atoms with E-state index in [1.807, 2.05) is 26.1 Å². The van der Waals surface area contributed by atoms with Crippen LogP contribution in [0.15, 0.2) is 18.5 Å². The van der Waals surface area contributed by atoms with Crippen LogP contribution >= 0.6 is 11.3 Å². The number of aryl methyl sites for hydroxylation is 3. The van der Waals surface area contributed by atoms with Crippen molar-refractivity contribution in [1.82, 2.24) is 14.7 Å². The van der Waals surface area contributed by atoms with Crippen molar-refractivity contribution in [2.24, 2.45) is 0 Å². The van der Waals surface area contributed by atoms with Crippen molar-refractivity contribution in [3.8, 4) is 0 Å². The first kappa shape index (κ1) is 18.1. The van der Waals surface area contributed by atoms with E-state index in [9.17, 15) is 13.2 Å². The van der Waals surface area contributed by atoms with E-state index in [-0.39, 0.29) is 24.0 Å².